The first-order valence-corrected chi connectivity index (χ1v) is 13.5. The Labute approximate surface area is 232 Å². The van der Waals surface area contributed by atoms with E-state index in [0.29, 0.717) is 25.2 Å². The summed E-state index contributed by atoms with van der Waals surface area (Å²) >= 11 is 0. The number of piperazine rings is 1. The summed E-state index contributed by atoms with van der Waals surface area (Å²) in [4.78, 5) is 19.3. The predicted octanol–water partition coefficient (Wildman–Crippen LogP) is 5.89. The Morgan fingerprint density at radius 3 is 2.38 bits per heavy atom. The lowest BCUT2D eigenvalue weighted by Gasteiger charge is -2.38. The van der Waals surface area contributed by atoms with Gasteiger partial charge in [0.1, 0.15) is 12.4 Å². The van der Waals surface area contributed by atoms with Crippen molar-refractivity contribution in [1.29, 1.82) is 0 Å². The Hall–Kier alpha value is -3.72. The minimum atomic E-state index is -4.42. The number of nitrogens with zero attached hydrogens (tertiary/aromatic N) is 3. The zero-order valence-corrected chi connectivity index (χ0v) is 22.5. The maximum Gasteiger partial charge on any atom is 0.416 e. The second-order valence-electron chi connectivity index (χ2n) is 10.4. The average Bonchev–Trinajstić information content (AvgIpc) is 3.40. The maximum atomic E-state index is 13.5. The van der Waals surface area contributed by atoms with Crippen LogP contribution in [0, 0.1) is 5.92 Å². The number of carbonyl (C=O) groups excluding carboxylic acids is 1. The number of methoxy groups -OCH3 is 1. The third kappa shape index (κ3) is 6.70. The molecule has 212 valence electrons. The first-order chi connectivity index (χ1) is 19.3. The fourth-order valence-corrected chi connectivity index (χ4v) is 5.67. The van der Waals surface area contributed by atoms with Crippen LogP contribution >= 0.6 is 0 Å². The van der Waals surface area contributed by atoms with E-state index >= 15 is 0 Å². The molecule has 6 nitrogen and oxygen atoms in total. The van der Waals surface area contributed by atoms with Crippen molar-refractivity contribution in [1.82, 2.24) is 9.80 Å². The zero-order valence-electron chi connectivity index (χ0n) is 22.5. The molecule has 0 aliphatic carbocycles. The van der Waals surface area contributed by atoms with Gasteiger partial charge in [-0.25, -0.2) is 4.79 Å². The van der Waals surface area contributed by atoms with Crippen molar-refractivity contribution < 1.29 is 27.4 Å². The number of hydrogen-bond donors (Lipinski definition) is 0. The van der Waals surface area contributed by atoms with Crippen molar-refractivity contribution in [2.75, 3.05) is 57.8 Å². The number of benzene rings is 3. The number of likely N-dealkylation sites (tertiary alicyclic amines) is 1. The fourth-order valence-electron chi connectivity index (χ4n) is 5.67. The standard InChI is InChI=1S/C31H34F3N3O3/c1-39-28-12-6-11-27(18-28)36-15-13-35(14-16-36)19-25-20-37(30(38)40-22-23-7-3-2-4-8-23)21-29(25)24-9-5-10-26(17-24)31(32,33)34/h2-12,17-18,25,29H,13-16,19-22H2,1H3/t25-,29-/m1/s1. The SMILES string of the molecule is COc1cccc(N2CCN(C[C@@H]3CN(C(=O)OCc4ccccc4)C[C@@H]3c3cccc(C(F)(F)F)c3)CC2)c1. The third-order valence-electron chi connectivity index (χ3n) is 7.83. The number of halogens is 3. The molecule has 2 fully saturated rings. The van der Waals surface area contributed by atoms with Crippen LogP contribution in [0.1, 0.15) is 22.6 Å². The molecule has 0 saturated carbocycles. The molecule has 9 heteroatoms. The normalized spacial score (nSPS) is 20.0. The first-order valence-electron chi connectivity index (χ1n) is 13.5. The van der Waals surface area contributed by atoms with Gasteiger partial charge < -0.3 is 19.3 Å². The molecule has 0 bridgehead atoms. The van der Waals surface area contributed by atoms with E-state index in [2.05, 4.69) is 15.9 Å². The van der Waals surface area contributed by atoms with Crippen LogP contribution in [0.4, 0.5) is 23.7 Å². The van der Waals surface area contributed by atoms with E-state index < -0.39 is 17.8 Å². The summed E-state index contributed by atoms with van der Waals surface area (Å²) in [6, 6.07) is 22.9. The molecule has 0 unspecified atom stereocenters. The molecule has 2 aliphatic rings. The van der Waals surface area contributed by atoms with Gasteiger partial charge in [-0.2, -0.15) is 13.2 Å². The molecule has 0 spiro atoms. The number of alkyl halides is 3. The molecule has 3 aromatic carbocycles. The van der Waals surface area contributed by atoms with Crippen LogP contribution < -0.4 is 9.64 Å². The first kappa shape index (κ1) is 27.8. The van der Waals surface area contributed by atoms with Gasteiger partial charge in [0.05, 0.1) is 12.7 Å². The lowest BCUT2D eigenvalue weighted by Crippen LogP contribution is -2.48. The summed E-state index contributed by atoms with van der Waals surface area (Å²) in [6.45, 7) is 4.90. The molecule has 0 radical (unpaired) electrons. The molecule has 3 aromatic rings. The lowest BCUT2D eigenvalue weighted by molar-refractivity contribution is -0.137. The Bertz CT molecular complexity index is 1280. The predicted molar refractivity (Wildman–Crippen MR) is 148 cm³/mol. The maximum absolute atomic E-state index is 13.5. The topological polar surface area (TPSA) is 45.2 Å². The summed E-state index contributed by atoms with van der Waals surface area (Å²) in [7, 11) is 1.65. The number of carbonyl (C=O) groups is 1. The van der Waals surface area contributed by atoms with Gasteiger partial charge in [0.25, 0.3) is 0 Å². The Balaban J connectivity index is 1.27. The number of ether oxygens (including phenoxy) is 2. The largest absolute Gasteiger partial charge is 0.497 e. The Morgan fingerprint density at radius 2 is 1.65 bits per heavy atom. The van der Waals surface area contributed by atoms with Gasteiger partial charge in [-0.05, 0) is 35.2 Å². The van der Waals surface area contributed by atoms with Crippen LogP contribution in [-0.4, -0.2) is 68.8 Å². The molecular weight excluding hydrogens is 519 g/mol. The number of amides is 1. The summed E-state index contributed by atoms with van der Waals surface area (Å²) in [6.07, 6.45) is -4.86. The minimum absolute atomic E-state index is 0.0175. The van der Waals surface area contributed by atoms with Crippen molar-refractivity contribution in [3.63, 3.8) is 0 Å². The average molecular weight is 554 g/mol. The summed E-state index contributed by atoms with van der Waals surface area (Å²) in [5.41, 5.74) is 1.93. The van der Waals surface area contributed by atoms with Crippen LogP contribution in [0.25, 0.3) is 0 Å². The molecule has 2 atom stereocenters. The van der Waals surface area contributed by atoms with Crippen LogP contribution in [0.3, 0.4) is 0 Å². The van der Waals surface area contributed by atoms with Gasteiger partial charge in [0, 0.05) is 63.5 Å². The fraction of sp³-hybridized carbons (Fsp3) is 0.387. The monoisotopic (exact) mass is 553 g/mol. The van der Waals surface area contributed by atoms with Crippen LogP contribution in [0.5, 0.6) is 5.75 Å². The van der Waals surface area contributed by atoms with Gasteiger partial charge in [-0.3, -0.25) is 4.90 Å². The van der Waals surface area contributed by atoms with Crippen LogP contribution in [0.2, 0.25) is 0 Å². The van der Waals surface area contributed by atoms with E-state index in [1.54, 1.807) is 18.1 Å². The van der Waals surface area contributed by atoms with E-state index in [1.165, 1.54) is 12.1 Å². The summed E-state index contributed by atoms with van der Waals surface area (Å²) in [5, 5.41) is 0. The highest BCUT2D eigenvalue weighted by Crippen LogP contribution is 2.37. The van der Waals surface area contributed by atoms with Crippen LogP contribution in [-0.2, 0) is 17.5 Å². The third-order valence-corrected chi connectivity index (χ3v) is 7.83. The van der Waals surface area contributed by atoms with Crippen LogP contribution in [0.15, 0.2) is 78.9 Å². The minimum Gasteiger partial charge on any atom is -0.497 e. The van der Waals surface area contributed by atoms with E-state index in [1.807, 2.05) is 48.5 Å². The molecular formula is C31H34F3N3O3. The Morgan fingerprint density at radius 1 is 0.900 bits per heavy atom. The second-order valence-corrected chi connectivity index (χ2v) is 10.4. The van der Waals surface area contributed by atoms with Gasteiger partial charge in [0.15, 0.2) is 0 Å². The van der Waals surface area contributed by atoms with E-state index in [9.17, 15) is 18.0 Å². The molecule has 5 rings (SSSR count). The zero-order chi connectivity index (χ0) is 28.1. The van der Waals surface area contributed by atoms with E-state index in [4.69, 9.17) is 9.47 Å². The molecule has 0 N–H and O–H groups in total. The summed E-state index contributed by atoms with van der Waals surface area (Å²) < 4.78 is 51.5. The molecule has 1 amide bonds. The molecule has 2 heterocycles. The van der Waals surface area contributed by atoms with Gasteiger partial charge in [-0.15, -0.1) is 0 Å². The number of rotatable bonds is 7. The highest BCUT2D eigenvalue weighted by molar-refractivity contribution is 5.68. The van der Waals surface area contributed by atoms with E-state index in [-0.39, 0.29) is 18.4 Å². The molecule has 40 heavy (non-hydrogen) atoms. The van der Waals surface area contributed by atoms with Gasteiger partial charge in [-0.1, -0.05) is 54.6 Å². The molecule has 2 saturated heterocycles. The molecule has 2 aliphatic heterocycles. The smallest absolute Gasteiger partial charge is 0.416 e. The van der Waals surface area contributed by atoms with Crippen molar-refractivity contribution in [3.8, 4) is 5.75 Å². The van der Waals surface area contributed by atoms with E-state index in [0.717, 1.165) is 49.2 Å². The van der Waals surface area contributed by atoms with Crippen molar-refractivity contribution in [2.24, 2.45) is 5.92 Å². The lowest BCUT2D eigenvalue weighted by atomic mass is 9.87. The Kier molecular flexibility index (Phi) is 8.49. The highest BCUT2D eigenvalue weighted by atomic mass is 19.4. The van der Waals surface area contributed by atoms with Gasteiger partial charge in [0.2, 0.25) is 0 Å². The molecule has 0 aromatic heterocycles. The van der Waals surface area contributed by atoms with Crippen molar-refractivity contribution in [3.05, 3.63) is 95.6 Å². The quantitative estimate of drug-likeness (QED) is 0.365. The highest BCUT2D eigenvalue weighted by Gasteiger charge is 2.39. The second kappa shape index (κ2) is 12.2. The van der Waals surface area contributed by atoms with Crippen molar-refractivity contribution >= 4 is 11.8 Å². The summed E-state index contributed by atoms with van der Waals surface area (Å²) in [5.74, 6) is 0.577. The van der Waals surface area contributed by atoms with Crippen molar-refractivity contribution in [2.45, 2.75) is 18.7 Å². The van der Waals surface area contributed by atoms with Gasteiger partial charge >= 0.3 is 12.3 Å². The number of hydrogen-bond acceptors (Lipinski definition) is 5. The number of anilines is 1.